The monoisotopic (exact) mass is 419 g/mol. The molecule has 0 saturated heterocycles. The van der Waals surface area contributed by atoms with Gasteiger partial charge in [-0.3, -0.25) is 10.1 Å². The van der Waals surface area contributed by atoms with Crippen molar-refractivity contribution in [1.29, 1.82) is 0 Å². The molecule has 0 saturated carbocycles. The molecule has 1 amide bonds. The summed E-state index contributed by atoms with van der Waals surface area (Å²) in [4.78, 5) is 12.5. The first-order valence-electron chi connectivity index (χ1n) is 8.67. The van der Waals surface area contributed by atoms with Crippen molar-refractivity contribution in [3.05, 3.63) is 59.7 Å². The molecule has 0 aliphatic carbocycles. The molecule has 0 radical (unpaired) electrons. The number of carbonyl (C=O) groups is 1. The standard InChI is InChI=1S/C20H25N3O3S2/c1-20(2,3)15-8-6-14(7-9-15)18(24)22-19(27)21-16-10-12-17(13-11-16)28(25,26)23(4)5/h6-13H,1-5H3,(H2,21,22,24,27). The molecule has 0 aliphatic heterocycles. The highest BCUT2D eigenvalue weighted by Crippen LogP contribution is 2.22. The number of nitrogens with one attached hydrogen (secondary N) is 2. The second-order valence-electron chi connectivity index (χ2n) is 7.55. The van der Waals surface area contributed by atoms with Crippen molar-refractivity contribution in [1.82, 2.24) is 9.62 Å². The lowest BCUT2D eigenvalue weighted by atomic mass is 9.87. The average Bonchev–Trinajstić information content (AvgIpc) is 2.61. The zero-order valence-electron chi connectivity index (χ0n) is 16.6. The molecule has 2 aromatic carbocycles. The van der Waals surface area contributed by atoms with Crippen molar-refractivity contribution in [2.24, 2.45) is 0 Å². The molecule has 0 atom stereocenters. The topological polar surface area (TPSA) is 78.5 Å². The van der Waals surface area contributed by atoms with Crippen molar-refractivity contribution in [2.75, 3.05) is 19.4 Å². The highest BCUT2D eigenvalue weighted by molar-refractivity contribution is 7.89. The summed E-state index contributed by atoms with van der Waals surface area (Å²) in [5, 5.41) is 5.63. The minimum absolute atomic E-state index is 0.0120. The number of hydrogen-bond acceptors (Lipinski definition) is 4. The van der Waals surface area contributed by atoms with E-state index in [1.54, 1.807) is 24.3 Å². The molecular weight excluding hydrogens is 394 g/mol. The predicted molar refractivity (Wildman–Crippen MR) is 116 cm³/mol. The van der Waals surface area contributed by atoms with E-state index in [4.69, 9.17) is 12.2 Å². The lowest BCUT2D eigenvalue weighted by Crippen LogP contribution is -2.34. The Hall–Kier alpha value is -2.29. The van der Waals surface area contributed by atoms with E-state index >= 15 is 0 Å². The SMILES string of the molecule is CN(C)S(=O)(=O)c1ccc(NC(=S)NC(=O)c2ccc(C(C)(C)C)cc2)cc1. The van der Waals surface area contributed by atoms with E-state index in [1.165, 1.54) is 26.2 Å². The van der Waals surface area contributed by atoms with Crippen LogP contribution in [-0.4, -0.2) is 37.8 Å². The highest BCUT2D eigenvalue weighted by Gasteiger charge is 2.17. The maximum atomic E-state index is 12.3. The number of anilines is 1. The van der Waals surface area contributed by atoms with Crippen LogP contribution < -0.4 is 10.6 Å². The summed E-state index contributed by atoms with van der Waals surface area (Å²) in [7, 11) is -0.544. The summed E-state index contributed by atoms with van der Waals surface area (Å²) in [5.41, 5.74) is 2.23. The Morgan fingerprint density at radius 2 is 1.50 bits per heavy atom. The molecule has 0 aromatic heterocycles. The quantitative estimate of drug-likeness (QED) is 0.743. The van der Waals surface area contributed by atoms with Crippen LogP contribution in [0.5, 0.6) is 0 Å². The molecule has 0 heterocycles. The fraction of sp³-hybridized carbons (Fsp3) is 0.300. The summed E-state index contributed by atoms with van der Waals surface area (Å²) in [6.45, 7) is 6.32. The molecule has 8 heteroatoms. The molecule has 6 nitrogen and oxygen atoms in total. The Labute approximate surface area is 172 Å². The maximum Gasteiger partial charge on any atom is 0.257 e. The smallest absolute Gasteiger partial charge is 0.257 e. The maximum absolute atomic E-state index is 12.3. The van der Waals surface area contributed by atoms with Crippen LogP contribution in [0.3, 0.4) is 0 Å². The minimum atomic E-state index is -3.49. The summed E-state index contributed by atoms with van der Waals surface area (Å²) < 4.78 is 25.3. The van der Waals surface area contributed by atoms with Crippen molar-refractivity contribution >= 4 is 38.9 Å². The summed E-state index contributed by atoms with van der Waals surface area (Å²) in [6.07, 6.45) is 0. The molecule has 28 heavy (non-hydrogen) atoms. The van der Waals surface area contributed by atoms with Crippen LogP contribution in [0.2, 0.25) is 0 Å². The van der Waals surface area contributed by atoms with Gasteiger partial charge in [0.25, 0.3) is 5.91 Å². The van der Waals surface area contributed by atoms with Crippen LogP contribution >= 0.6 is 12.2 Å². The van der Waals surface area contributed by atoms with E-state index in [0.717, 1.165) is 9.87 Å². The number of rotatable bonds is 4. The van der Waals surface area contributed by atoms with Gasteiger partial charge in [0, 0.05) is 25.3 Å². The number of hydrogen-bond donors (Lipinski definition) is 2. The van der Waals surface area contributed by atoms with Crippen molar-refractivity contribution < 1.29 is 13.2 Å². The molecule has 0 fully saturated rings. The first-order chi connectivity index (χ1) is 12.9. The van der Waals surface area contributed by atoms with Crippen LogP contribution in [0.4, 0.5) is 5.69 Å². The average molecular weight is 420 g/mol. The molecule has 2 N–H and O–H groups in total. The Morgan fingerprint density at radius 3 is 1.96 bits per heavy atom. The van der Waals surface area contributed by atoms with Gasteiger partial charge in [0.1, 0.15) is 0 Å². The number of amides is 1. The van der Waals surface area contributed by atoms with Crippen molar-refractivity contribution in [3.8, 4) is 0 Å². The highest BCUT2D eigenvalue weighted by atomic mass is 32.2. The van der Waals surface area contributed by atoms with Gasteiger partial charge in [-0.25, -0.2) is 12.7 Å². The predicted octanol–water partition coefficient (Wildman–Crippen LogP) is 3.36. The number of nitrogens with zero attached hydrogens (tertiary/aromatic N) is 1. The van der Waals surface area contributed by atoms with E-state index in [0.29, 0.717) is 11.3 Å². The largest absolute Gasteiger partial charge is 0.332 e. The summed E-state index contributed by atoms with van der Waals surface area (Å²) in [5.74, 6) is -0.315. The first kappa shape index (κ1) is 22.0. The van der Waals surface area contributed by atoms with E-state index in [9.17, 15) is 13.2 Å². The molecule has 0 spiro atoms. The fourth-order valence-electron chi connectivity index (χ4n) is 2.38. The van der Waals surface area contributed by atoms with Gasteiger partial charge in [-0.1, -0.05) is 32.9 Å². The van der Waals surface area contributed by atoms with E-state index in [-0.39, 0.29) is 21.3 Å². The zero-order valence-corrected chi connectivity index (χ0v) is 18.2. The number of benzene rings is 2. The zero-order chi connectivity index (χ0) is 21.1. The lowest BCUT2D eigenvalue weighted by molar-refractivity contribution is 0.0977. The van der Waals surface area contributed by atoms with Gasteiger partial charge >= 0.3 is 0 Å². The third-order valence-corrected chi connectivity index (χ3v) is 6.16. The van der Waals surface area contributed by atoms with Gasteiger partial charge in [0.05, 0.1) is 4.90 Å². The van der Waals surface area contributed by atoms with Gasteiger partial charge in [-0.05, 0) is 59.6 Å². The van der Waals surface area contributed by atoms with E-state index < -0.39 is 10.0 Å². The Balaban J connectivity index is 2.01. The molecule has 2 rings (SSSR count). The van der Waals surface area contributed by atoms with Gasteiger partial charge in [-0.2, -0.15) is 0 Å². The lowest BCUT2D eigenvalue weighted by Gasteiger charge is -2.19. The second kappa shape index (κ2) is 8.38. The Kier molecular flexibility index (Phi) is 6.59. The third-order valence-electron chi connectivity index (χ3n) is 4.13. The Morgan fingerprint density at radius 1 is 0.964 bits per heavy atom. The first-order valence-corrected chi connectivity index (χ1v) is 10.5. The van der Waals surface area contributed by atoms with Gasteiger partial charge < -0.3 is 5.32 Å². The molecule has 150 valence electrons. The van der Waals surface area contributed by atoms with Crippen LogP contribution in [0.1, 0.15) is 36.7 Å². The van der Waals surface area contributed by atoms with Gasteiger partial charge in [-0.15, -0.1) is 0 Å². The normalized spacial score (nSPS) is 11.9. The van der Waals surface area contributed by atoms with Crippen LogP contribution in [0, 0.1) is 0 Å². The number of thiocarbonyl (C=S) groups is 1. The van der Waals surface area contributed by atoms with E-state index in [1.807, 2.05) is 12.1 Å². The second-order valence-corrected chi connectivity index (χ2v) is 10.1. The van der Waals surface area contributed by atoms with Gasteiger partial charge in [0.15, 0.2) is 5.11 Å². The number of sulfonamides is 1. The molecule has 0 unspecified atom stereocenters. The fourth-order valence-corrected chi connectivity index (χ4v) is 3.49. The van der Waals surface area contributed by atoms with Crippen LogP contribution in [0.15, 0.2) is 53.4 Å². The molecule has 0 bridgehead atoms. The Bertz CT molecular complexity index is 959. The summed E-state index contributed by atoms with van der Waals surface area (Å²) in [6, 6.07) is 13.5. The summed E-state index contributed by atoms with van der Waals surface area (Å²) >= 11 is 5.18. The molecule has 0 aliphatic rings. The van der Waals surface area contributed by atoms with Gasteiger partial charge in [0.2, 0.25) is 10.0 Å². The third kappa shape index (κ3) is 5.37. The van der Waals surface area contributed by atoms with Crippen molar-refractivity contribution in [3.63, 3.8) is 0 Å². The minimum Gasteiger partial charge on any atom is -0.332 e. The van der Waals surface area contributed by atoms with Crippen LogP contribution in [0.25, 0.3) is 0 Å². The molecule has 2 aromatic rings. The van der Waals surface area contributed by atoms with E-state index in [2.05, 4.69) is 31.4 Å². The van der Waals surface area contributed by atoms with Crippen LogP contribution in [-0.2, 0) is 15.4 Å². The van der Waals surface area contributed by atoms with Crippen molar-refractivity contribution in [2.45, 2.75) is 31.1 Å². The molecular formula is C20H25N3O3S2. The number of carbonyl (C=O) groups excluding carboxylic acids is 1.